The second kappa shape index (κ2) is 5.07. The zero-order valence-electron chi connectivity index (χ0n) is 9.61. The summed E-state index contributed by atoms with van der Waals surface area (Å²) in [4.78, 5) is 1.09. The van der Waals surface area contributed by atoms with Gasteiger partial charge in [-0.3, -0.25) is 5.32 Å². The predicted octanol–water partition coefficient (Wildman–Crippen LogP) is -0.477. The monoisotopic (exact) mass is 288 g/mol. The molecular formula is C11H16N2O3S2. The van der Waals surface area contributed by atoms with Crippen LogP contribution >= 0.6 is 23.5 Å². The first-order chi connectivity index (χ1) is 8.63. The normalized spacial score (nSPS) is 39.3. The van der Waals surface area contributed by atoms with Crippen LogP contribution in [-0.4, -0.2) is 50.3 Å². The summed E-state index contributed by atoms with van der Waals surface area (Å²) in [5.74, 6) is 0.696. The molecule has 2 saturated heterocycles. The number of thioether (sulfide) groups is 2. The van der Waals surface area contributed by atoms with Crippen LogP contribution in [0.1, 0.15) is 6.42 Å². The minimum absolute atomic E-state index is 0.145. The van der Waals surface area contributed by atoms with Gasteiger partial charge in [0.05, 0.1) is 17.5 Å². The maximum atomic E-state index is 9.57. The van der Waals surface area contributed by atoms with Crippen molar-refractivity contribution in [2.24, 2.45) is 0 Å². The van der Waals surface area contributed by atoms with E-state index in [0.717, 1.165) is 10.6 Å². The van der Waals surface area contributed by atoms with Crippen LogP contribution in [0.5, 0.6) is 0 Å². The van der Waals surface area contributed by atoms with Gasteiger partial charge in [0.2, 0.25) is 0 Å². The molecule has 4 atom stereocenters. The lowest BCUT2D eigenvalue weighted by Gasteiger charge is -2.19. The van der Waals surface area contributed by atoms with Crippen LogP contribution in [0.15, 0.2) is 22.8 Å². The van der Waals surface area contributed by atoms with Gasteiger partial charge in [-0.1, -0.05) is 17.8 Å². The largest absolute Gasteiger partial charge is 0.389 e. The maximum Gasteiger partial charge on any atom is 0.167 e. The zero-order valence-corrected chi connectivity index (χ0v) is 11.2. The van der Waals surface area contributed by atoms with Crippen LogP contribution in [0.25, 0.3) is 0 Å². The number of aliphatic hydroxyl groups is 3. The highest BCUT2D eigenvalue weighted by Crippen LogP contribution is 2.41. The van der Waals surface area contributed by atoms with Crippen molar-refractivity contribution in [1.29, 1.82) is 0 Å². The molecule has 2 aliphatic heterocycles. The molecule has 5 nitrogen and oxygen atoms in total. The second-order valence-corrected chi connectivity index (χ2v) is 6.93. The molecule has 0 aromatic heterocycles. The van der Waals surface area contributed by atoms with Gasteiger partial charge in [-0.15, -0.1) is 11.8 Å². The van der Waals surface area contributed by atoms with Crippen molar-refractivity contribution in [1.82, 2.24) is 10.6 Å². The second-order valence-electron chi connectivity index (χ2n) is 4.58. The van der Waals surface area contributed by atoms with Crippen molar-refractivity contribution >= 4 is 23.5 Å². The van der Waals surface area contributed by atoms with E-state index in [-0.39, 0.29) is 22.9 Å². The van der Waals surface area contributed by atoms with E-state index < -0.39 is 6.29 Å². The molecule has 5 N–H and O–H groups in total. The van der Waals surface area contributed by atoms with Crippen molar-refractivity contribution in [2.75, 3.05) is 5.75 Å². The molecule has 2 heterocycles. The van der Waals surface area contributed by atoms with Gasteiger partial charge >= 0.3 is 0 Å². The molecule has 3 rings (SSSR count). The number of rotatable bonds is 2. The lowest BCUT2D eigenvalue weighted by Crippen LogP contribution is -2.45. The van der Waals surface area contributed by atoms with Gasteiger partial charge in [-0.05, 0) is 12.5 Å². The molecule has 3 aliphatic rings. The van der Waals surface area contributed by atoms with E-state index in [0.29, 0.717) is 12.2 Å². The Balaban J connectivity index is 1.65. The summed E-state index contributed by atoms with van der Waals surface area (Å²) in [5.41, 5.74) is 1.09. The molecule has 0 saturated carbocycles. The van der Waals surface area contributed by atoms with E-state index in [9.17, 15) is 5.11 Å². The Morgan fingerprint density at radius 2 is 2.17 bits per heavy atom. The molecule has 3 unspecified atom stereocenters. The van der Waals surface area contributed by atoms with Crippen molar-refractivity contribution in [2.45, 2.75) is 35.6 Å². The fourth-order valence-corrected chi connectivity index (χ4v) is 4.99. The zero-order chi connectivity index (χ0) is 12.7. The quantitative estimate of drug-likeness (QED) is 0.439. The first kappa shape index (κ1) is 12.8. The molecule has 0 amide bonds. The van der Waals surface area contributed by atoms with Gasteiger partial charge in [0, 0.05) is 16.4 Å². The van der Waals surface area contributed by atoms with Crippen LogP contribution in [-0.2, 0) is 0 Å². The van der Waals surface area contributed by atoms with Crippen LogP contribution in [0.4, 0.5) is 0 Å². The van der Waals surface area contributed by atoms with Gasteiger partial charge in [0.1, 0.15) is 5.37 Å². The fraction of sp³-hybridized carbons (Fsp3) is 0.636. The van der Waals surface area contributed by atoms with E-state index in [4.69, 9.17) is 10.2 Å². The van der Waals surface area contributed by atoms with E-state index in [1.54, 1.807) is 23.5 Å². The summed E-state index contributed by atoms with van der Waals surface area (Å²) < 4.78 is 0. The van der Waals surface area contributed by atoms with Gasteiger partial charge in [0.25, 0.3) is 0 Å². The SMILES string of the molecule is OC1C=C2SC(C3N[C@@H](C(O)O)CS3)NC2=CC1. The molecule has 0 bridgehead atoms. The first-order valence-corrected chi connectivity index (χ1v) is 7.84. The van der Waals surface area contributed by atoms with E-state index in [1.165, 1.54) is 0 Å². The third-order valence-electron chi connectivity index (χ3n) is 3.19. The Morgan fingerprint density at radius 1 is 1.33 bits per heavy atom. The van der Waals surface area contributed by atoms with Crippen LogP contribution < -0.4 is 10.6 Å². The smallest absolute Gasteiger partial charge is 0.167 e. The maximum absolute atomic E-state index is 9.57. The van der Waals surface area contributed by atoms with Crippen LogP contribution in [0.2, 0.25) is 0 Å². The summed E-state index contributed by atoms with van der Waals surface area (Å²) in [5, 5.41) is 34.8. The minimum atomic E-state index is -1.31. The Kier molecular flexibility index (Phi) is 3.61. The highest BCUT2D eigenvalue weighted by atomic mass is 32.2. The summed E-state index contributed by atoms with van der Waals surface area (Å²) in [7, 11) is 0. The molecule has 0 radical (unpaired) electrons. The predicted molar refractivity (Wildman–Crippen MR) is 72.7 cm³/mol. The highest BCUT2D eigenvalue weighted by molar-refractivity contribution is 8.06. The van der Waals surface area contributed by atoms with Crippen molar-refractivity contribution < 1.29 is 15.3 Å². The number of nitrogens with one attached hydrogen (secondary N) is 2. The Bertz CT molecular complexity index is 400. The summed E-state index contributed by atoms with van der Waals surface area (Å²) in [6.45, 7) is 0. The standard InChI is InChI=1S/C11H16N2O3S2/c14-5-1-2-6-8(3-5)18-10(12-6)9-13-7(4-17-9)11(15)16/h2-3,5,7,9-16H,1,4H2/t5?,7-,9?,10?/m1/s1. The minimum Gasteiger partial charge on any atom is -0.389 e. The molecule has 18 heavy (non-hydrogen) atoms. The molecule has 100 valence electrons. The fourth-order valence-electron chi connectivity index (χ4n) is 2.22. The molecule has 1 aliphatic carbocycles. The number of hydrogen-bond donors (Lipinski definition) is 5. The van der Waals surface area contributed by atoms with Gasteiger partial charge < -0.3 is 20.6 Å². The Morgan fingerprint density at radius 3 is 2.89 bits per heavy atom. The van der Waals surface area contributed by atoms with E-state index in [1.807, 2.05) is 12.2 Å². The number of hydrogen-bond acceptors (Lipinski definition) is 7. The van der Waals surface area contributed by atoms with Crippen LogP contribution in [0, 0.1) is 0 Å². The number of aliphatic hydroxyl groups excluding tert-OH is 2. The molecule has 0 aromatic rings. The van der Waals surface area contributed by atoms with Gasteiger partial charge in [-0.2, -0.15) is 0 Å². The molecule has 7 heteroatoms. The molecule has 2 fully saturated rings. The third kappa shape index (κ3) is 2.43. The lowest BCUT2D eigenvalue weighted by atomic mass is 10.1. The van der Waals surface area contributed by atoms with E-state index in [2.05, 4.69) is 10.6 Å². The van der Waals surface area contributed by atoms with Gasteiger partial charge in [0.15, 0.2) is 6.29 Å². The summed E-state index contributed by atoms with van der Waals surface area (Å²) in [6, 6.07) is -0.265. The van der Waals surface area contributed by atoms with Gasteiger partial charge in [-0.25, -0.2) is 0 Å². The lowest BCUT2D eigenvalue weighted by molar-refractivity contribution is -0.0600. The molecule has 0 aromatic carbocycles. The Hall–Kier alpha value is -0.180. The highest BCUT2D eigenvalue weighted by Gasteiger charge is 2.38. The number of fused-ring (bicyclic) bond motifs is 1. The van der Waals surface area contributed by atoms with Crippen molar-refractivity contribution in [3.63, 3.8) is 0 Å². The average molecular weight is 288 g/mol. The van der Waals surface area contributed by atoms with E-state index >= 15 is 0 Å². The summed E-state index contributed by atoms with van der Waals surface area (Å²) >= 11 is 3.38. The molecule has 0 spiro atoms. The third-order valence-corrected chi connectivity index (χ3v) is 5.94. The van der Waals surface area contributed by atoms with Crippen LogP contribution in [0.3, 0.4) is 0 Å². The average Bonchev–Trinajstić information content (AvgIpc) is 2.93. The first-order valence-electron chi connectivity index (χ1n) is 5.91. The van der Waals surface area contributed by atoms with Crippen molar-refractivity contribution in [3.05, 3.63) is 22.8 Å². The molecular weight excluding hydrogens is 272 g/mol. The Labute approximate surface area is 114 Å². The summed E-state index contributed by atoms with van der Waals surface area (Å²) in [6.07, 6.45) is 2.86. The topological polar surface area (TPSA) is 84.8 Å². The van der Waals surface area contributed by atoms with Crippen molar-refractivity contribution in [3.8, 4) is 0 Å².